The molecule has 0 aliphatic rings. The molecular weight excluding hydrogens is 397 g/mol. The van der Waals surface area contributed by atoms with E-state index in [4.69, 9.17) is 13.5 Å². The summed E-state index contributed by atoms with van der Waals surface area (Å²) >= 11 is 0. The third-order valence-electron chi connectivity index (χ3n) is 4.00. The summed E-state index contributed by atoms with van der Waals surface area (Å²) in [6.45, 7) is 15.3. The van der Waals surface area contributed by atoms with Gasteiger partial charge in [-0.3, -0.25) is 0 Å². The quantitative estimate of drug-likeness (QED) is 0.607. The van der Waals surface area contributed by atoms with Crippen molar-refractivity contribution in [3.05, 3.63) is 53.6 Å². The smallest absolute Gasteiger partial charge is 0.348 e. The van der Waals surface area contributed by atoms with E-state index in [0.717, 1.165) is 16.3 Å². The molecule has 4 nitrogen and oxygen atoms in total. The number of rotatable bonds is 6. The summed E-state index contributed by atoms with van der Waals surface area (Å²) in [5.41, 5.74) is 2.71. The van der Waals surface area contributed by atoms with Crippen LogP contribution in [0.1, 0.15) is 11.1 Å². The second kappa shape index (κ2) is 8.16. The van der Waals surface area contributed by atoms with Crippen molar-refractivity contribution in [1.29, 1.82) is 10.5 Å². The maximum absolute atomic E-state index is 9.27. The Morgan fingerprint density at radius 3 is 1.54 bits per heavy atom. The van der Waals surface area contributed by atoms with Crippen LogP contribution < -0.4 is 5.19 Å². The van der Waals surface area contributed by atoms with E-state index in [1.165, 1.54) is 0 Å². The first-order chi connectivity index (χ1) is 12.9. The number of hydrogen-bond acceptors (Lipinski definition) is 4. The Kier molecular flexibility index (Phi) is 6.49. The van der Waals surface area contributed by atoms with Crippen LogP contribution in [0.3, 0.4) is 0 Å². The van der Waals surface area contributed by atoms with Crippen LogP contribution >= 0.6 is 0 Å². The van der Waals surface area contributed by atoms with Crippen molar-refractivity contribution in [2.24, 2.45) is 0 Å². The minimum Gasteiger partial charge on any atom is -0.433 e. The van der Waals surface area contributed by atoms with Gasteiger partial charge in [0.1, 0.15) is 12.1 Å². The van der Waals surface area contributed by atoms with E-state index >= 15 is 0 Å². The lowest BCUT2D eigenvalue weighted by Gasteiger charge is -2.38. The first-order valence-electron chi connectivity index (χ1n) is 9.32. The first kappa shape index (κ1) is 22.3. The Morgan fingerprint density at radius 2 is 1.11 bits per heavy atom. The number of nitrogens with zero attached hydrogens (tertiary/aromatic N) is 2. The molecule has 2 rings (SSSR count). The number of nitriles is 2. The lowest BCUT2D eigenvalue weighted by molar-refractivity contribution is 0.404. The van der Waals surface area contributed by atoms with Gasteiger partial charge in [-0.1, -0.05) is 30.3 Å². The molecule has 146 valence electrons. The van der Waals surface area contributed by atoms with Gasteiger partial charge in [-0.2, -0.15) is 10.5 Å². The molecule has 7 heteroatoms. The summed E-state index contributed by atoms with van der Waals surface area (Å²) < 4.78 is 13.2. The topological polar surface area (TPSA) is 66.0 Å². The van der Waals surface area contributed by atoms with E-state index in [-0.39, 0.29) is 0 Å². The predicted octanol–water partition coefficient (Wildman–Crippen LogP) is 5.08. The van der Waals surface area contributed by atoms with Crippen LogP contribution in [0.5, 0.6) is 0 Å². The standard InChI is InChI=1S/C21H28N2O2Si3/c1-26(2,3)24-28(7,25-27(4,5)6)21-12-10-17(11-13-21)18-8-9-19(15-22)20(14-18)16-23/h8-14H,1-7H3. The highest BCUT2D eigenvalue weighted by Gasteiger charge is 2.42. The second-order valence-electron chi connectivity index (χ2n) is 8.94. The molecule has 0 atom stereocenters. The van der Waals surface area contributed by atoms with Crippen molar-refractivity contribution in [3.63, 3.8) is 0 Å². The largest absolute Gasteiger partial charge is 0.433 e. The average Bonchev–Trinajstić information content (AvgIpc) is 2.58. The van der Waals surface area contributed by atoms with E-state index in [9.17, 15) is 5.26 Å². The molecule has 0 spiro atoms. The molecule has 0 N–H and O–H groups in total. The minimum atomic E-state index is -2.52. The van der Waals surface area contributed by atoms with Gasteiger partial charge >= 0.3 is 8.56 Å². The zero-order valence-electron chi connectivity index (χ0n) is 17.8. The van der Waals surface area contributed by atoms with Gasteiger partial charge in [-0.05, 0) is 74.3 Å². The van der Waals surface area contributed by atoms with Crippen molar-refractivity contribution in [2.75, 3.05) is 0 Å². The molecule has 2 aromatic rings. The zero-order valence-corrected chi connectivity index (χ0v) is 20.8. The zero-order chi connectivity index (χ0) is 21.2. The molecule has 0 bridgehead atoms. The van der Waals surface area contributed by atoms with Crippen LogP contribution in [0.4, 0.5) is 0 Å². The third-order valence-corrected chi connectivity index (χ3v) is 13.4. The molecule has 0 aromatic heterocycles. The number of benzene rings is 2. The van der Waals surface area contributed by atoms with Crippen molar-refractivity contribution in [2.45, 2.75) is 45.8 Å². The van der Waals surface area contributed by atoms with Crippen LogP contribution in [0.2, 0.25) is 45.8 Å². The molecule has 0 saturated carbocycles. The van der Waals surface area contributed by atoms with Gasteiger partial charge in [0.2, 0.25) is 0 Å². The average molecular weight is 425 g/mol. The molecule has 0 fully saturated rings. The summed E-state index contributed by atoms with van der Waals surface area (Å²) in [5, 5.41) is 19.5. The second-order valence-corrected chi connectivity index (χ2v) is 21.5. The van der Waals surface area contributed by atoms with Gasteiger partial charge in [-0.25, -0.2) is 0 Å². The van der Waals surface area contributed by atoms with E-state index in [1.54, 1.807) is 12.1 Å². The highest BCUT2D eigenvalue weighted by atomic mass is 28.5. The highest BCUT2D eigenvalue weighted by Crippen LogP contribution is 2.24. The first-order valence-corrected chi connectivity index (χ1v) is 18.5. The van der Waals surface area contributed by atoms with Gasteiger partial charge in [0.15, 0.2) is 16.6 Å². The fourth-order valence-corrected chi connectivity index (χ4v) is 14.8. The highest BCUT2D eigenvalue weighted by molar-refractivity contribution is 6.94. The van der Waals surface area contributed by atoms with Gasteiger partial charge in [-0.15, -0.1) is 0 Å². The Bertz CT molecular complexity index is 915. The molecule has 0 amide bonds. The van der Waals surface area contributed by atoms with Gasteiger partial charge < -0.3 is 8.23 Å². The van der Waals surface area contributed by atoms with Crippen LogP contribution in [-0.4, -0.2) is 25.2 Å². The fourth-order valence-electron chi connectivity index (χ4n) is 3.19. The number of hydrogen-bond donors (Lipinski definition) is 0. The maximum atomic E-state index is 9.27. The van der Waals surface area contributed by atoms with Crippen LogP contribution in [-0.2, 0) is 8.23 Å². The van der Waals surface area contributed by atoms with E-state index in [1.807, 2.05) is 18.2 Å². The Labute approximate surface area is 171 Å². The summed E-state index contributed by atoms with van der Waals surface area (Å²) in [7, 11) is -6.09. The van der Waals surface area contributed by atoms with Crippen LogP contribution in [0, 0.1) is 22.7 Å². The molecule has 0 aliphatic heterocycles. The van der Waals surface area contributed by atoms with Crippen molar-refractivity contribution >= 4 is 30.4 Å². The summed E-state index contributed by atoms with van der Waals surface area (Å²) in [4.78, 5) is 0. The molecular formula is C21H28N2O2Si3. The normalized spacial score (nSPS) is 12.3. The van der Waals surface area contributed by atoms with Crippen molar-refractivity contribution < 1.29 is 8.23 Å². The molecule has 0 aliphatic carbocycles. The SMILES string of the molecule is C[Si](C)(C)O[Si](C)(O[Si](C)(C)C)c1ccc(-c2ccc(C#N)c(C#N)c2)cc1. The van der Waals surface area contributed by atoms with Crippen molar-refractivity contribution in [3.8, 4) is 23.3 Å². The maximum Gasteiger partial charge on any atom is 0.348 e. The monoisotopic (exact) mass is 424 g/mol. The molecule has 28 heavy (non-hydrogen) atoms. The molecule has 0 unspecified atom stereocenters. The lowest BCUT2D eigenvalue weighted by atomic mass is 10.0. The molecule has 2 aromatic carbocycles. The van der Waals surface area contributed by atoms with E-state index in [0.29, 0.717) is 11.1 Å². The summed E-state index contributed by atoms with van der Waals surface area (Å²) in [5.74, 6) is 0. The minimum absolute atomic E-state index is 0.396. The molecule has 0 radical (unpaired) electrons. The predicted molar refractivity (Wildman–Crippen MR) is 121 cm³/mol. The Balaban J connectivity index is 2.43. The fraction of sp³-hybridized carbons (Fsp3) is 0.333. The van der Waals surface area contributed by atoms with Crippen molar-refractivity contribution in [1.82, 2.24) is 0 Å². The van der Waals surface area contributed by atoms with Crippen LogP contribution in [0.15, 0.2) is 42.5 Å². The Morgan fingerprint density at radius 1 is 0.643 bits per heavy atom. The van der Waals surface area contributed by atoms with Gasteiger partial charge in [0.05, 0.1) is 11.1 Å². The molecule has 0 heterocycles. The summed E-state index contributed by atoms with van der Waals surface area (Å²) in [6, 6.07) is 17.8. The molecule has 0 saturated heterocycles. The van der Waals surface area contributed by atoms with E-state index < -0.39 is 25.2 Å². The lowest BCUT2D eigenvalue weighted by Crippen LogP contribution is -2.60. The summed E-state index contributed by atoms with van der Waals surface area (Å²) in [6.07, 6.45) is 0. The van der Waals surface area contributed by atoms with Crippen LogP contribution in [0.25, 0.3) is 11.1 Å². The van der Waals surface area contributed by atoms with Gasteiger partial charge in [0.25, 0.3) is 0 Å². The van der Waals surface area contributed by atoms with Gasteiger partial charge in [0, 0.05) is 0 Å². The Hall–Kier alpha value is -2.01. The van der Waals surface area contributed by atoms with E-state index in [2.05, 4.69) is 70.1 Å². The third kappa shape index (κ3) is 5.74.